The van der Waals surface area contributed by atoms with Gasteiger partial charge in [-0.3, -0.25) is 0 Å². The molecule has 0 spiro atoms. The largest absolute Gasteiger partial charge is 0.423 e. The maximum Gasteiger partial charge on any atom is 0.298 e. The summed E-state index contributed by atoms with van der Waals surface area (Å²) in [5, 5.41) is 4.39. The maximum absolute atomic E-state index is 5.74. The molecule has 4 heteroatoms. The minimum Gasteiger partial charge on any atom is -0.423 e. The number of oxazole rings is 1. The Morgan fingerprint density at radius 2 is 2.06 bits per heavy atom. The lowest BCUT2D eigenvalue weighted by Gasteiger charge is -2.16. The Hall–Kier alpha value is -1.55. The smallest absolute Gasteiger partial charge is 0.298 e. The van der Waals surface area contributed by atoms with Gasteiger partial charge in [-0.25, -0.2) is 5.32 Å². The summed E-state index contributed by atoms with van der Waals surface area (Å²) in [7, 11) is 0. The molecule has 1 fully saturated rings. The predicted molar refractivity (Wildman–Crippen MR) is 62.7 cm³/mol. The zero-order valence-corrected chi connectivity index (χ0v) is 9.09. The fourth-order valence-corrected chi connectivity index (χ4v) is 1.97. The molecule has 0 aliphatic carbocycles. The van der Waals surface area contributed by atoms with Crippen LogP contribution in [0, 0.1) is 0 Å². The van der Waals surface area contributed by atoms with Gasteiger partial charge in [0.25, 0.3) is 6.01 Å². The van der Waals surface area contributed by atoms with Crippen LogP contribution in [0.15, 0.2) is 28.7 Å². The van der Waals surface area contributed by atoms with E-state index < -0.39 is 0 Å². The van der Waals surface area contributed by atoms with Crippen LogP contribution in [0.25, 0.3) is 11.1 Å². The summed E-state index contributed by atoms with van der Waals surface area (Å²) >= 11 is 0. The van der Waals surface area contributed by atoms with E-state index in [-0.39, 0.29) is 0 Å². The normalized spacial score (nSPS) is 17.6. The molecule has 1 saturated heterocycles. The minimum atomic E-state index is 0.735. The van der Waals surface area contributed by atoms with Crippen molar-refractivity contribution in [3.05, 3.63) is 24.3 Å². The average molecular weight is 216 g/mol. The quantitative estimate of drug-likeness (QED) is 0.728. The lowest BCUT2D eigenvalue weighted by molar-refractivity contribution is 0.571. The van der Waals surface area contributed by atoms with Crippen molar-refractivity contribution in [2.24, 2.45) is 0 Å². The van der Waals surface area contributed by atoms with Gasteiger partial charge in [0.05, 0.1) is 0 Å². The number of para-hydroxylation sites is 2. The number of hydrogen-bond acceptors (Lipinski definition) is 3. The molecule has 1 aliphatic heterocycles. The summed E-state index contributed by atoms with van der Waals surface area (Å²) < 4.78 is 5.74. The Kier molecular flexibility index (Phi) is 2.50. The van der Waals surface area contributed by atoms with E-state index >= 15 is 0 Å². The number of aromatic nitrogens is 1. The predicted octanol–water partition coefficient (Wildman–Crippen LogP) is 1.64. The first-order valence-electron chi connectivity index (χ1n) is 5.67. The van der Waals surface area contributed by atoms with Crippen molar-refractivity contribution in [3.8, 4) is 0 Å². The molecule has 4 nitrogen and oxygen atoms in total. The van der Waals surface area contributed by atoms with E-state index in [1.807, 2.05) is 24.3 Å². The van der Waals surface area contributed by atoms with Crippen LogP contribution in [-0.2, 0) is 0 Å². The first kappa shape index (κ1) is 9.66. The van der Waals surface area contributed by atoms with E-state index in [1.165, 1.54) is 0 Å². The first-order chi connectivity index (χ1) is 7.93. The molecule has 1 aliphatic rings. The third kappa shape index (κ3) is 1.76. The minimum absolute atomic E-state index is 0.735. The fraction of sp³-hybridized carbons (Fsp3) is 0.417. The molecular formula is C12H14N3O. The van der Waals surface area contributed by atoms with Gasteiger partial charge >= 0.3 is 0 Å². The van der Waals surface area contributed by atoms with Crippen molar-refractivity contribution in [1.29, 1.82) is 0 Å². The highest BCUT2D eigenvalue weighted by Gasteiger charge is 2.15. The van der Waals surface area contributed by atoms with E-state index in [1.54, 1.807) is 0 Å². The van der Waals surface area contributed by atoms with Crippen LogP contribution in [0.5, 0.6) is 0 Å². The molecule has 0 atom stereocenters. The van der Waals surface area contributed by atoms with E-state index in [0.29, 0.717) is 0 Å². The second-order valence-electron chi connectivity index (χ2n) is 3.98. The van der Waals surface area contributed by atoms with Gasteiger partial charge in [-0.05, 0) is 18.6 Å². The lowest BCUT2D eigenvalue weighted by atomic mass is 10.3. The molecule has 0 N–H and O–H groups in total. The number of nitrogens with zero attached hydrogens (tertiary/aromatic N) is 3. The Morgan fingerprint density at radius 3 is 3.00 bits per heavy atom. The van der Waals surface area contributed by atoms with Gasteiger partial charge in [-0.1, -0.05) is 12.1 Å². The van der Waals surface area contributed by atoms with E-state index in [0.717, 1.165) is 49.7 Å². The highest BCUT2D eigenvalue weighted by molar-refractivity contribution is 5.74. The van der Waals surface area contributed by atoms with E-state index in [2.05, 4.69) is 15.2 Å². The summed E-state index contributed by atoms with van der Waals surface area (Å²) in [5.74, 6) is 0. The third-order valence-corrected chi connectivity index (χ3v) is 2.83. The Labute approximate surface area is 94.3 Å². The zero-order valence-electron chi connectivity index (χ0n) is 9.09. The van der Waals surface area contributed by atoms with Gasteiger partial charge in [0, 0.05) is 26.2 Å². The second-order valence-corrected chi connectivity index (χ2v) is 3.98. The Morgan fingerprint density at radius 1 is 1.12 bits per heavy atom. The average Bonchev–Trinajstić information content (AvgIpc) is 2.56. The van der Waals surface area contributed by atoms with E-state index in [4.69, 9.17) is 4.42 Å². The number of fused-ring (bicyclic) bond motifs is 1. The summed E-state index contributed by atoms with van der Waals surface area (Å²) in [6.45, 7) is 3.72. The number of anilines is 1. The molecule has 1 aromatic carbocycles. The standard InChI is InChI=1S/C12H14N3O/c1-2-5-11-10(4-1)14-12(16-11)15-8-3-6-13-7-9-15/h1-2,4-5H,3,6-9H2. The van der Waals surface area contributed by atoms with Crippen LogP contribution in [0.1, 0.15) is 6.42 Å². The molecule has 0 amide bonds. The van der Waals surface area contributed by atoms with Crippen molar-refractivity contribution < 1.29 is 4.42 Å². The number of hydrogen-bond donors (Lipinski definition) is 0. The van der Waals surface area contributed by atoms with Crippen molar-refractivity contribution in [2.45, 2.75) is 6.42 Å². The van der Waals surface area contributed by atoms with Gasteiger partial charge in [-0.2, -0.15) is 4.98 Å². The van der Waals surface area contributed by atoms with Crippen LogP contribution >= 0.6 is 0 Å². The molecule has 83 valence electrons. The summed E-state index contributed by atoms with van der Waals surface area (Å²) in [6, 6.07) is 8.61. The van der Waals surface area contributed by atoms with Gasteiger partial charge in [0.15, 0.2) is 5.58 Å². The van der Waals surface area contributed by atoms with Crippen molar-refractivity contribution in [1.82, 2.24) is 10.3 Å². The molecule has 0 bridgehead atoms. The molecule has 1 aromatic heterocycles. The van der Waals surface area contributed by atoms with Crippen LogP contribution < -0.4 is 10.2 Å². The molecule has 16 heavy (non-hydrogen) atoms. The summed E-state index contributed by atoms with van der Waals surface area (Å²) in [6.07, 6.45) is 1.08. The maximum atomic E-state index is 5.74. The summed E-state index contributed by atoms with van der Waals surface area (Å²) in [4.78, 5) is 6.67. The topological polar surface area (TPSA) is 43.4 Å². The van der Waals surface area contributed by atoms with Gasteiger partial charge in [-0.15, -0.1) is 0 Å². The number of rotatable bonds is 1. The lowest BCUT2D eigenvalue weighted by Crippen LogP contribution is -2.26. The molecule has 0 unspecified atom stereocenters. The fourth-order valence-electron chi connectivity index (χ4n) is 1.97. The van der Waals surface area contributed by atoms with E-state index in [9.17, 15) is 0 Å². The first-order valence-corrected chi connectivity index (χ1v) is 5.67. The number of benzene rings is 1. The Balaban J connectivity index is 1.92. The molecular weight excluding hydrogens is 202 g/mol. The summed E-state index contributed by atoms with van der Waals surface area (Å²) in [5.41, 5.74) is 1.79. The van der Waals surface area contributed by atoms with Gasteiger partial charge < -0.3 is 9.32 Å². The SMILES string of the molecule is c1ccc2oc(N3CCC[N]CC3)nc2c1. The van der Waals surface area contributed by atoms with Crippen molar-refractivity contribution in [2.75, 3.05) is 31.1 Å². The van der Waals surface area contributed by atoms with Crippen LogP contribution in [0.4, 0.5) is 6.01 Å². The van der Waals surface area contributed by atoms with Gasteiger partial charge in [0.1, 0.15) is 5.52 Å². The van der Waals surface area contributed by atoms with Crippen molar-refractivity contribution >= 4 is 17.1 Å². The Bertz CT molecular complexity index is 439. The monoisotopic (exact) mass is 216 g/mol. The third-order valence-electron chi connectivity index (χ3n) is 2.83. The van der Waals surface area contributed by atoms with Gasteiger partial charge in [0.2, 0.25) is 0 Å². The molecule has 3 rings (SSSR count). The highest BCUT2D eigenvalue weighted by Crippen LogP contribution is 2.21. The van der Waals surface area contributed by atoms with Crippen LogP contribution in [0.2, 0.25) is 0 Å². The highest BCUT2D eigenvalue weighted by atomic mass is 16.4. The second kappa shape index (κ2) is 4.14. The molecule has 0 saturated carbocycles. The van der Waals surface area contributed by atoms with Crippen LogP contribution in [0.3, 0.4) is 0 Å². The van der Waals surface area contributed by atoms with Crippen molar-refractivity contribution in [3.63, 3.8) is 0 Å². The zero-order chi connectivity index (χ0) is 10.8. The molecule has 1 radical (unpaired) electrons. The van der Waals surface area contributed by atoms with Crippen LogP contribution in [-0.4, -0.2) is 31.2 Å². The molecule has 2 aromatic rings. The molecule has 2 heterocycles.